The van der Waals surface area contributed by atoms with Crippen molar-refractivity contribution in [2.24, 2.45) is 5.92 Å². The molecule has 0 aliphatic carbocycles. The van der Waals surface area contributed by atoms with Gasteiger partial charge in [-0.05, 0) is 30.5 Å². The highest BCUT2D eigenvalue weighted by Gasteiger charge is 2.34. The van der Waals surface area contributed by atoms with Crippen molar-refractivity contribution in [3.63, 3.8) is 0 Å². The Kier molecular flexibility index (Phi) is 4.42. The molecule has 21 heavy (non-hydrogen) atoms. The summed E-state index contributed by atoms with van der Waals surface area (Å²) in [7, 11) is 0. The van der Waals surface area contributed by atoms with Gasteiger partial charge in [-0.2, -0.15) is 0 Å². The number of halogens is 1. The summed E-state index contributed by atoms with van der Waals surface area (Å²) in [5.74, 6) is -1.74. The van der Waals surface area contributed by atoms with Crippen LogP contribution in [0, 0.1) is 11.7 Å². The molecule has 1 aliphatic rings. The first-order valence-electron chi connectivity index (χ1n) is 6.65. The number of carboxylic acids is 1. The highest BCUT2D eigenvalue weighted by atomic mass is 19.1. The molecule has 2 amide bonds. The number of amides is 2. The zero-order valence-electron chi connectivity index (χ0n) is 11.5. The normalized spacial score (nSPS) is 21.4. The number of aliphatic hydroxyl groups is 1. The molecule has 6 nitrogen and oxygen atoms in total. The van der Waals surface area contributed by atoms with Gasteiger partial charge < -0.3 is 20.4 Å². The zero-order chi connectivity index (χ0) is 15.6. The Morgan fingerprint density at radius 3 is 2.81 bits per heavy atom. The second-order valence-corrected chi connectivity index (χ2v) is 5.14. The average Bonchev–Trinajstić information content (AvgIpc) is 2.82. The lowest BCUT2D eigenvalue weighted by Gasteiger charge is -2.25. The summed E-state index contributed by atoms with van der Waals surface area (Å²) in [6.07, 6.45) is 0.760. The van der Waals surface area contributed by atoms with Crippen LogP contribution in [0.25, 0.3) is 0 Å². The number of likely N-dealkylation sites (tertiary alicyclic amines) is 1. The molecule has 0 saturated carbocycles. The molecule has 0 bridgehead atoms. The van der Waals surface area contributed by atoms with E-state index in [4.69, 9.17) is 5.11 Å². The number of nitrogens with zero attached hydrogens (tertiary/aromatic N) is 1. The van der Waals surface area contributed by atoms with Gasteiger partial charge in [-0.3, -0.25) is 0 Å². The second-order valence-electron chi connectivity index (χ2n) is 5.14. The minimum absolute atomic E-state index is 0.111. The van der Waals surface area contributed by atoms with Gasteiger partial charge in [0.05, 0.1) is 23.9 Å². The van der Waals surface area contributed by atoms with E-state index in [1.165, 1.54) is 4.90 Å². The highest BCUT2D eigenvalue weighted by Crippen LogP contribution is 2.25. The van der Waals surface area contributed by atoms with Crippen LogP contribution in [0.2, 0.25) is 0 Å². The van der Waals surface area contributed by atoms with Gasteiger partial charge in [-0.15, -0.1) is 0 Å². The van der Waals surface area contributed by atoms with Gasteiger partial charge in [0.15, 0.2) is 0 Å². The fourth-order valence-electron chi connectivity index (χ4n) is 2.48. The number of carbonyl (C=O) groups is 2. The summed E-state index contributed by atoms with van der Waals surface area (Å²) in [6.45, 7) is 2.24. The first-order chi connectivity index (χ1) is 9.93. The van der Waals surface area contributed by atoms with Crippen LogP contribution in [0.1, 0.15) is 23.7 Å². The van der Waals surface area contributed by atoms with Crippen LogP contribution in [0.15, 0.2) is 18.2 Å². The van der Waals surface area contributed by atoms with Crippen LogP contribution in [-0.4, -0.2) is 46.3 Å². The Morgan fingerprint density at radius 1 is 1.48 bits per heavy atom. The lowest BCUT2D eigenvalue weighted by molar-refractivity contribution is 0.0697. The number of aromatic carboxylic acids is 1. The summed E-state index contributed by atoms with van der Waals surface area (Å²) in [5, 5.41) is 20.6. The third kappa shape index (κ3) is 3.13. The fraction of sp³-hybridized carbons (Fsp3) is 0.429. The van der Waals surface area contributed by atoms with Crippen LogP contribution >= 0.6 is 0 Å². The average molecular weight is 296 g/mol. The van der Waals surface area contributed by atoms with E-state index in [0.29, 0.717) is 6.54 Å². The molecule has 0 aromatic heterocycles. The number of hydrogen-bond acceptors (Lipinski definition) is 3. The van der Waals surface area contributed by atoms with Gasteiger partial charge in [0.25, 0.3) is 0 Å². The van der Waals surface area contributed by atoms with Crippen LogP contribution in [0.4, 0.5) is 14.9 Å². The molecule has 3 N–H and O–H groups in total. The van der Waals surface area contributed by atoms with Gasteiger partial charge in [0.2, 0.25) is 0 Å². The Hall–Kier alpha value is -2.15. The van der Waals surface area contributed by atoms with E-state index in [1.54, 1.807) is 0 Å². The number of carboxylic acid groups (broad SMARTS) is 1. The Balaban J connectivity index is 2.16. The molecular weight excluding hydrogens is 279 g/mol. The van der Waals surface area contributed by atoms with Crippen molar-refractivity contribution in [1.29, 1.82) is 0 Å². The second kappa shape index (κ2) is 6.09. The van der Waals surface area contributed by atoms with Crippen LogP contribution in [0.3, 0.4) is 0 Å². The molecule has 1 saturated heterocycles. The van der Waals surface area contributed by atoms with E-state index >= 15 is 0 Å². The summed E-state index contributed by atoms with van der Waals surface area (Å²) in [5.41, 5.74) is -0.295. The number of benzene rings is 1. The van der Waals surface area contributed by atoms with Crippen molar-refractivity contribution in [2.45, 2.75) is 19.4 Å². The van der Waals surface area contributed by atoms with Gasteiger partial charge in [0, 0.05) is 6.54 Å². The lowest BCUT2D eigenvalue weighted by atomic mass is 10.0. The Morgan fingerprint density at radius 2 is 2.19 bits per heavy atom. The molecule has 2 atom stereocenters. The standard InChI is InChI=1S/C14H17FN2O4/c1-8-4-5-17(12(8)7-18)14(21)16-11-6-9(13(19)20)2-3-10(11)15/h2-3,6,8,12,18H,4-5,7H2,1H3,(H,16,21)(H,19,20). The minimum atomic E-state index is -1.20. The van der Waals surface area contributed by atoms with E-state index in [9.17, 15) is 19.1 Å². The third-order valence-corrected chi connectivity index (χ3v) is 3.79. The molecule has 1 fully saturated rings. The molecule has 1 aromatic carbocycles. The quantitative estimate of drug-likeness (QED) is 0.792. The minimum Gasteiger partial charge on any atom is -0.478 e. The summed E-state index contributed by atoms with van der Waals surface area (Å²) in [6, 6.07) is 2.34. The first kappa shape index (κ1) is 15.2. The lowest BCUT2D eigenvalue weighted by Crippen LogP contribution is -2.42. The van der Waals surface area contributed by atoms with Gasteiger partial charge in [-0.25, -0.2) is 14.0 Å². The van der Waals surface area contributed by atoms with Crippen LogP contribution < -0.4 is 5.32 Å². The van der Waals surface area contributed by atoms with E-state index in [1.807, 2.05) is 6.92 Å². The number of aliphatic hydroxyl groups excluding tert-OH is 1. The molecular formula is C14H17FN2O4. The van der Waals surface area contributed by atoms with Crippen LogP contribution in [-0.2, 0) is 0 Å². The van der Waals surface area contributed by atoms with Crippen molar-refractivity contribution >= 4 is 17.7 Å². The number of carbonyl (C=O) groups excluding carboxylic acids is 1. The molecule has 1 aromatic rings. The fourth-order valence-corrected chi connectivity index (χ4v) is 2.48. The smallest absolute Gasteiger partial charge is 0.335 e. The molecule has 114 valence electrons. The van der Waals surface area contributed by atoms with Crippen LogP contribution in [0.5, 0.6) is 0 Å². The largest absolute Gasteiger partial charge is 0.478 e. The van der Waals surface area contributed by atoms with Gasteiger partial charge >= 0.3 is 12.0 Å². The van der Waals surface area contributed by atoms with E-state index in [2.05, 4.69) is 5.32 Å². The van der Waals surface area contributed by atoms with Crippen molar-refractivity contribution in [2.75, 3.05) is 18.5 Å². The number of urea groups is 1. The number of rotatable bonds is 3. The molecule has 0 radical (unpaired) electrons. The highest BCUT2D eigenvalue weighted by molar-refractivity contribution is 5.93. The number of nitrogens with one attached hydrogen (secondary N) is 1. The maximum Gasteiger partial charge on any atom is 0.335 e. The predicted octanol–water partition coefficient (Wildman–Crippen LogP) is 1.76. The van der Waals surface area contributed by atoms with Gasteiger partial charge in [-0.1, -0.05) is 6.92 Å². The van der Waals surface area contributed by atoms with E-state index in [-0.39, 0.29) is 29.8 Å². The predicted molar refractivity (Wildman–Crippen MR) is 73.7 cm³/mol. The summed E-state index contributed by atoms with van der Waals surface area (Å²) < 4.78 is 13.7. The third-order valence-electron chi connectivity index (χ3n) is 3.79. The van der Waals surface area contributed by atoms with Crippen molar-refractivity contribution in [3.8, 4) is 0 Å². The maximum absolute atomic E-state index is 13.7. The number of hydrogen-bond donors (Lipinski definition) is 3. The summed E-state index contributed by atoms with van der Waals surface area (Å²) >= 11 is 0. The Labute approximate surface area is 121 Å². The first-order valence-corrected chi connectivity index (χ1v) is 6.65. The molecule has 7 heteroatoms. The summed E-state index contributed by atoms with van der Waals surface area (Å²) in [4.78, 5) is 24.5. The van der Waals surface area contributed by atoms with E-state index < -0.39 is 17.8 Å². The van der Waals surface area contributed by atoms with Crippen molar-refractivity contribution in [1.82, 2.24) is 4.90 Å². The molecule has 1 aliphatic heterocycles. The molecule has 2 unspecified atom stereocenters. The SMILES string of the molecule is CC1CCN(C(=O)Nc2cc(C(=O)O)ccc2F)C1CO. The topological polar surface area (TPSA) is 89.9 Å². The van der Waals surface area contributed by atoms with E-state index in [0.717, 1.165) is 24.6 Å². The maximum atomic E-state index is 13.7. The monoisotopic (exact) mass is 296 g/mol. The Bertz CT molecular complexity index is 564. The van der Waals surface area contributed by atoms with Crippen molar-refractivity contribution < 1.29 is 24.2 Å². The van der Waals surface area contributed by atoms with Crippen molar-refractivity contribution in [3.05, 3.63) is 29.6 Å². The zero-order valence-corrected chi connectivity index (χ0v) is 11.5. The molecule has 2 rings (SSSR count). The van der Waals surface area contributed by atoms with Gasteiger partial charge in [0.1, 0.15) is 5.82 Å². The number of anilines is 1. The molecule has 0 spiro atoms. The molecule has 1 heterocycles.